The Morgan fingerprint density at radius 3 is 1.93 bits per heavy atom. The van der Waals surface area contributed by atoms with Crippen LogP contribution in [0.2, 0.25) is 0 Å². The molecular formula is C14H28O. The van der Waals surface area contributed by atoms with E-state index in [1.165, 1.54) is 57.7 Å². The van der Waals surface area contributed by atoms with Gasteiger partial charge in [0.1, 0.15) is 6.29 Å². The van der Waals surface area contributed by atoms with Gasteiger partial charge in [-0.2, -0.15) is 0 Å². The Balaban J connectivity index is 3.26. The molecule has 0 spiro atoms. The van der Waals surface area contributed by atoms with Crippen LogP contribution in [0.3, 0.4) is 0 Å². The fourth-order valence-corrected chi connectivity index (χ4v) is 1.93. The van der Waals surface area contributed by atoms with Crippen LogP contribution in [0.1, 0.15) is 78.1 Å². The van der Waals surface area contributed by atoms with E-state index in [0.29, 0.717) is 5.92 Å². The van der Waals surface area contributed by atoms with Gasteiger partial charge in [0.2, 0.25) is 0 Å². The molecule has 0 radical (unpaired) electrons. The second-order valence-electron chi connectivity index (χ2n) is 4.59. The Bertz CT molecular complexity index is 131. The van der Waals surface area contributed by atoms with Crippen LogP contribution < -0.4 is 0 Å². The molecule has 0 aliphatic rings. The van der Waals surface area contributed by atoms with E-state index in [1.807, 2.05) is 0 Å². The molecule has 1 nitrogen and oxygen atoms in total. The summed E-state index contributed by atoms with van der Waals surface area (Å²) in [5, 5.41) is 0. The summed E-state index contributed by atoms with van der Waals surface area (Å²) in [5.74, 6) is 0.344. The summed E-state index contributed by atoms with van der Waals surface area (Å²) in [5.41, 5.74) is 0. The van der Waals surface area contributed by atoms with E-state index in [2.05, 4.69) is 13.8 Å². The fraction of sp³-hybridized carbons (Fsp3) is 0.929. The molecule has 0 aromatic carbocycles. The zero-order valence-corrected chi connectivity index (χ0v) is 10.6. The fourth-order valence-electron chi connectivity index (χ4n) is 1.93. The first-order chi connectivity index (χ1) is 7.35. The molecule has 15 heavy (non-hydrogen) atoms. The van der Waals surface area contributed by atoms with Crippen LogP contribution >= 0.6 is 0 Å². The number of carbonyl (C=O) groups excluding carboxylic acids is 1. The Morgan fingerprint density at radius 2 is 1.33 bits per heavy atom. The first-order valence-corrected chi connectivity index (χ1v) is 6.80. The minimum absolute atomic E-state index is 0.344. The lowest BCUT2D eigenvalue weighted by Gasteiger charge is -2.08. The highest BCUT2D eigenvalue weighted by Crippen LogP contribution is 2.15. The van der Waals surface area contributed by atoms with Crippen molar-refractivity contribution in [1.82, 2.24) is 0 Å². The van der Waals surface area contributed by atoms with E-state index in [-0.39, 0.29) is 0 Å². The zero-order chi connectivity index (χ0) is 11.4. The maximum absolute atomic E-state index is 10.8. The number of rotatable bonds is 11. The largest absolute Gasteiger partial charge is 0.303 e. The average molecular weight is 212 g/mol. The number of hydrogen-bond donors (Lipinski definition) is 0. The minimum Gasteiger partial charge on any atom is -0.303 e. The molecule has 0 bridgehead atoms. The lowest BCUT2D eigenvalue weighted by molar-refractivity contribution is -0.111. The third-order valence-corrected chi connectivity index (χ3v) is 3.05. The molecule has 0 heterocycles. The SMILES string of the molecule is CCCCCCCCC(C=O)CCCC. The van der Waals surface area contributed by atoms with Gasteiger partial charge in [0.25, 0.3) is 0 Å². The average Bonchev–Trinajstić information content (AvgIpc) is 2.27. The molecule has 0 saturated heterocycles. The molecule has 0 aromatic rings. The lowest BCUT2D eigenvalue weighted by atomic mass is 9.96. The quantitative estimate of drug-likeness (QED) is 0.357. The molecule has 0 amide bonds. The van der Waals surface area contributed by atoms with E-state index < -0.39 is 0 Å². The second-order valence-corrected chi connectivity index (χ2v) is 4.59. The Hall–Kier alpha value is -0.330. The van der Waals surface area contributed by atoms with Crippen LogP contribution in [0.15, 0.2) is 0 Å². The van der Waals surface area contributed by atoms with E-state index in [0.717, 1.165) is 12.8 Å². The monoisotopic (exact) mass is 212 g/mol. The highest BCUT2D eigenvalue weighted by atomic mass is 16.1. The molecule has 0 fully saturated rings. The molecule has 1 unspecified atom stereocenters. The molecule has 1 atom stereocenters. The van der Waals surface area contributed by atoms with Gasteiger partial charge < -0.3 is 4.79 Å². The van der Waals surface area contributed by atoms with Crippen molar-refractivity contribution in [2.45, 2.75) is 78.1 Å². The predicted octanol–water partition coefficient (Wildman–Crippen LogP) is 4.74. The predicted molar refractivity (Wildman–Crippen MR) is 67.1 cm³/mol. The molecule has 0 saturated carbocycles. The minimum atomic E-state index is 0.344. The zero-order valence-electron chi connectivity index (χ0n) is 10.6. The summed E-state index contributed by atoms with van der Waals surface area (Å²) in [6.07, 6.45) is 13.8. The van der Waals surface area contributed by atoms with Crippen LogP contribution in [0, 0.1) is 5.92 Å². The highest BCUT2D eigenvalue weighted by Gasteiger charge is 2.05. The summed E-state index contributed by atoms with van der Waals surface area (Å²) < 4.78 is 0. The van der Waals surface area contributed by atoms with Gasteiger partial charge in [0.15, 0.2) is 0 Å². The summed E-state index contributed by atoms with van der Waals surface area (Å²) in [6, 6.07) is 0. The topological polar surface area (TPSA) is 17.1 Å². The lowest BCUT2D eigenvalue weighted by Crippen LogP contribution is -2.01. The highest BCUT2D eigenvalue weighted by molar-refractivity contribution is 5.53. The number of hydrogen-bond acceptors (Lipinski definition) is 1. The molecule has 0 aliphatic heterocycles. The maximum atomic E-state index is 10.8. The van der Waals surface area contributed by atoms with Crippen molar-refractivity contribution >= 4 is 6.29 Å². The van der Waals surface area contributed by atoms with E-state index >= 15 is 0 Å². The van der Waals surface area contributed by atoms with E-state index in [1.54, 1.807) is 0 Å². The van der Waals surface area contributed by atoms with Gasteiger partial charge >= 0.3 is 0 Å². The van der Waals surface area contributed by atoms with Crippen molar-refractivity contribution in [2.75, 3.05) is 0 Å². The van der Waals surface area contributed by atoms with Crippen molar-refractivity contribution in [3.8, 4) is 0 Å². The number of carbonyl (C=O) groups is 1. The van der Waals surface area contributed by atoms with Crippen LogP contribution in [0.4, 0.5) is 0 Å². The Morgan fingerprint density at radius 1 is 0.800 bits per heavy atom. The van der Waals surface area contributed by atoms with Crippen molar-refractivity contribution in [3.63, 3.8) is 0 Å². The van der Waals surface area contributed by atoms with Crippen LogP contribution in [0.25, 0.3) is 0 Å². The molecular weight excluding hydrogens is 184 g/mol. The summed E-state index contributed by atoms with van der Waals surface area (Å²) in [7, 11) is 0. The van der Waals surface area contributed by atoms with Gasteiger partial charge in [-0.25, -0.2) is 0 Å². The second kappa shape index (κ2) is 11.7. The summed E-state index contributed by atoms with van der Waals surface area (Å²) >= 11 is 0. The molecule has 90 valence electrons. The standard InChI is InChI=1S/C14H28O/c1-3-5-7-8-9-10-12-14(13-15)11-6-4-2/h13-14H,3-12H2,1-2H3. The first-order valence-electron chi connectivity index (χ1n) is 6.80. The molecule has 0 aromatic heterocycles. The molecule has 0 aliphatic carbocycles. The van der Waals surface area contributed by atoms with Gasteiger partial charge in [0, 0.05) is 5.92 Å². The normalized spacial score (nSPS) is 12.7. The smallest absolute Gasteiger partial charge is 0.123 e. The molecule has 0 N–H and O–H groups in total. The van der Waals surface area contributed by atoms with Crippen LogP contribution in [0.5, 0.6) is 0 Å². The van der Waals surface area contributed by atoms with Crippen LogP contribution in [-0.4, -0.2) is 6.29 Å². The third kappa shape index (κ3) is 9.96. The van der Waals surface area contributed by atoms with Crippen molar-refractivity contribution in [2.24, 2.45) is 5.92 Å². The van der Waals surface area contributed by atoms with Gasteiger partial charge in [-0.15, -0.1) is 0 Å². The van der Waals surface area contributed by atoms with Gasteiger partial charge in [-0.3, -0.25) is 0 Å². The van der Waals surface area contributed by atoms with Gasteiger partial charge in [0.05, 0.1) is 0 Å². The van der Waals surface area contributed by atoms with Crippen molar-refractivity contribution in [3.05, 3.63) is 0 Å². The van der Waals surface area contributed by atoms with Crippen LogP contribution in [-0.2, 0) is 4.79 Å². The number of unbranched alkanes of at least 4 members (excludes halogenated alkanes) is 6. The van der Waals surface area contributed by atoms with Gasteiger partial charge in [-0.1, -0.05) is 65.2 Å². The molecule has 0 rings (SSSR count). The Kier molecular flexibility index (Phi) is 11.5. The third-order valence-electron chi connectivity index (χ3n) is 3.05. The first kappa shape index (κ1) is 14.7. The maximum Gasteiger partial charge on any atom is 0.123 e. The molecule has 1 heteroatoms. The number of aldehydes is 1. The summed E-state index contributed by atoms with van der Waals surface area (Å²) in [6.45, 7) is 4.43. The van der Waals surface area contributed by atoms with Crippen molar-refractivity contribution < 1.29 is 4.79 Å². The Labute approximate surface area is 95.6 Å². The van der Waals surface area contributed by atoms with E-state index in [4.69, 9.17) is 0 Å². The van der Waals surface area contributed by atoms with E-state index in [9.17, 15) is 4.79 Å². The summed E-state index contributed by atoms with van der Waals surface area (Å²) in [4.78, 5) is 10.8. The van der Waals surface area contributed by atoms with Crippen molar-refractivity contribution in [1.29, 1.82) is 0 Å². The van der Waals surface area contributed by atoms with Gasteiger partial charge in [-0.05, 0) is 12.8 Å².